The van der Waals surface area contributed by atoms with Crippen LogP contribution in [0.2, 0.25) is 0 Å². The summed E-state index contributed by atoms with van der Waals surface area (Å²) in [4.78, 5) is 30.3. The molecule has 0 radical (unpaired) electrons. The SMILES string of the molecule is CCOC(=O)C(C)(C)c1cnc(N(CC(C)C)C2CCOCC2)c([N+](=O)[O-])c1. The Labute approximate surface area is 166 Å². The van der Waals surface area contributed by atoms with Gasteiger partial charge in [-0.2, -0.15) is 0 Å². The van der Waals surface area contributed by atoms with Gasteiger partial charge in [-0.15, -0.1) is 0 Å². The van der Waals surface area contributed by atoms with E-state index in [0.717, 1.165) is 12.8 Å². The lowest BCUT2D eigenvalue weighted by Crippen LogP contribution is -2.42. The van der Waals surface area contributed by atoms with Gasteiger partial charge in [0.25, 0.3) is 0 Å². The largest absolute Gasteiger partial charge is 0.465 e. The topological polar surface area (TPSA) is 94.8 Å². The lowest BCUT2D eigenvalue weighted by Gasteiger charge is -2.36. The maximum atomic E-state index is 12.3. The molecule has 1 aromatic heterocycles. The zero-order valence-electron chi connectivity index (χ0n) is 17.4. The smallest absolute Gasteiger partial charge is 0.316 e. The summed E-state index contributed by atoms with van der Waals surface area (Å²) in [6, 6.07) is 1.61. The molecular weight excluding hydrogens is 362 g/mol. The summed E-state index contributed by atoms with van der Waals surface area (Å²) in [7, 11) is 0. The Hall–Kier alpha value is -2.22. The van der Waals surface area contributed by atoms with E-state index in [1.807, 2.05) is 4.90 Å². The first-order valence-electron chi connectivity index (χ1n) is 9.85. The summed E-state index contributed by atoms with van der Waals surface area (Å²) < 4.78 is 10.6. The molecule has 1 aromatic rings. The van der Waals surface area contributed by atoms with Gasteiger partial charge in [0.2, 0.25) is 5.82 Å². The van der Waals surface area contributed by atoms with Crippen LogP contribution < -0.4 is 4.90 Å². The summed E-state index contributed by atoms with van der Waals surface area (Å²) in [6.07, 6.45) is 3.18. The second-order valence-electron chi connectivity index (χ2n) is 8.06. The van der Waals surface area contributed by atoms with Crippen molar-refractivity contribution >= 4 is 17.5 Å². The highest BCUT2D eigenvalue weighted by molar-refractivity contribution is 5.82. The quantitative estimate of drug-likeness (QED) is 0.379. The molecule has 2 rings (SSSR count). The second-order valence-corrected chi connectivity index (χ2v) is 8.06. The van der Waals surface area contributed by atoms with Crippen molar-refractivity contribution in [2.24, 2.45) is 5.92 Å². The third kappa shape index (κ3) is 4.98. The summed E-state index contributed by atoms with van der Waals surface area (Å²) in [5.41, 5.74) is -0.631. The molecule has 2 heterocycles. The predicted molar refractivity (Wildman–Crippen MR) is 107 cm³/mol. The first kappa shape index (κ1) is 22.1. The molecule has 0 saturated carbocycles. The molecule has 8 nitrogen and oxygen atoms in total. The molecule has 0 aliphatic carbocycles. The minimum atomic E-state index is -1.02. The second kappa shape index (κ2) is 9.32. The summed E-state index contributed by atoms with van der Waals surface area (Å²) in [5.74, 6) is 0.247. The standard InChI is InChI=1S/C20H31N3O5/c1-6-28-19(24)20(4,5)15-11-17(23(25)26)18(21-12-15)22(13-14(2)3)16-7-9-27-10-8-16/h11-12,14,16H,6-10,13H2,1-5H3. The number of pyridine rings is 1. The van der Waals surface area contributed by atoms with Crippen LogP contribution in [0.5, 0.6) is 0 Å². The number of nitro groups is 1. The van der Waals surface area contributed by atoms with Gasteiger partial charge in [0.05, 0.1) is 16.9 Å². The minimum absolute atomic E-state index is 0.0815. The number of hydrogen-bond acceptors (Lipinski definition) is 7. The number of esters is 1. The van der Waals surface area contributed by atoms with E-state index in [1.54, 1.807) is 27.0 Å². The Morgan fingerprint density at radius 2 is 2.07 bits per heavy atom. The predicted octanol–water partition coefficient (Wildman–Crippen LogP) is 3.47. The Balaban J connectivity index is 2.47. The van der Waals surface area contributed by atoms with E-state index in [0.29, 0.717) is 37.1 Å². The van der Waals surface area contributed by atoms with Gasteiger partial charge in [-0.3, -0.25) is 14.9 Å². The van der Waals surface area contributed by atoms with Crippen LogP contribution in [0, 0.1) is 16.0 Å². The molecule has 156 valence electrons. The number of nitrogens with zero attached hydrogens (tertiary/aromatic N) is 3. The van der Waals surface area contributed by atoms with Crippen molar-refractivity contribution in [2.45, 2.75) is 58.9 Å². The van der Waals surface area contributed by atoms with Crippen LogP contribution in [0.25, 0.3) is 0 Å². The maximum absolute atomic E-state index is 12.3. The minimum Gasteiger partial charge on any atom is -0.465 e. The van der Waals surface area contributed by atoms with Gasteiger partial charge in [-0.1, -0.05) is 13.8 Å². The van der Waals surface area contributed by atoms with E-state index in [-0.39, 0.29) is 18.3 Å². The van der Waals surface area contributed by atoms with Crippen molar-refractivity contribution in [3.8, 4) is 0 Å². The zero-order chi connectivity index (χ0) is 20.9. The summed E-state index contributed by atoms with van der Waals surface area (Å²) in [5, 5.41) is 11.9. The number of ether oxygens (including phenoxy) is 2. The highest BCUT2D eigenvalue weighted by Crippen LogP contribution is 2.35. The van der Waals surface area contributed by atoms with Crippen LogP contribution in [-0.4, -0.2) is 48.3 Å². The first-order chi connectivity index (χ1) is 13.2. The molecule has 1 aliphatic rings. The van der Waals surface area contributed by atoms with E-state index in [4.69, 9.17) is 9.47 Å². The Morgan fingerprint density at radius 3 is 2.61 bits per heavy atom. The molecule has 0 spiro atoms. The van der Waals surface area contributed by atoms with Crippen LogP contribution in [0.4, 0.5) is 11.5 Å². The number of carbonyl (C=O) groups is 1. The highest BCUT2D eigenvalue weighted by atomic mass is 16.6. The van der Waals surface area contributed by atoms with Crippen LogP contribution in [0.1, 0.15) is 53.0 Å². The Kier molecular flexibility index (Phi) is 7.35. The van der Waals surface area contributed by atoms with Gasteiger partial charge >= 0.3 is 11.7 Å². The highest BCUT2D eigenvalue weighted by Gasteiger charge is 2.36. The Bertz CT molecular complexity index is 699. The molecule has 1 fully saturated rings. The number of aromatic nitrogens is 1. The molecule has 0 aromatic carbocycles. The van der Waals surface area contributed by atoms with Crippen molar-refractivity contribution in [1.29, 1.82) is 0 Å². The van der Waals surface area contributed by atoms with Gasteiger partial charge in [0.1, 0.15) is 0 Å². The average molecular weight is 393 g/mol. The lowest BCUT2D eigenvalue weighted by molar-refractivity contribution is -0.384. The van der Waals surface area contributed by atoms with E-state index in [1.165, 1.54) is 6.07 Å². The van der Waals surface area contributed by atoms with Crippen molar-refractivity contribution in [1.82, 2.24) is 4.98 Å². The normalized spacial score (nSPS) is 15.5. The first-order valence-corrected chi connectivity index (χ1v) is 9.85. The third-order valence-corrected chi connectivity index (χ3v) is 5.02. The number of rotatable bonds is 8. The number of anilines is 1. The van der Waals surface area contributed by atoms with Crippen molar-refractivity contribution in [2.75, 3.05) is 31.3 Å². The van der Waals surface area contributed by atoms with E-state index < -0.39 is 16.3 Å². The van der Waals surface area contributed by atoms with E-state index in [9.17, 15) is 14.9 Å². The molecule has 8 heteroatoms. The maximum Gasteiger partial charge on any atom is 0.316 e. The molecule has 0 atom stereocenters. The van der Waals surface area contributed by atoms with Crippen LogP contribution in [-0.2, 0) is 19.7 Å². The Morgan fingerprint density at radius 1 is 1.43 bits per heavy atom. The molecule has 1 saturated heterocycles. The van der Waals surface area contributed by atoms with Crippen molar-refractivity contribution in [3.05, 3.63) is 27.9 Å². The van der Waals surface area contributed by atoms with Gasteiger partial charge in [-0.05, 0) is 45.1 Å². The fourth-order valence-corrected chi connectivity index (χ4v) is 3.37. The molecule has 1 aliphatic heterocycles. The lowest BCUT2D eigenvalue weighted by atomic mass is 9.85. The van der Waals surface area contributed by atoms with Gasteiger partial charge < -0.3 is 14.4 Å². The summed E-state index contributed by atoms with van der Waals surface area (Å²) >= 11 is 0. The van der Waals surface area contributed by atoms with Crippen LogP contribution in [0.15, 0.2) is 12.3 Å². The monoisotopic (exact) mass is 393 g/mol. The van der Waals surface area contributed by atoms with E-state index >= 15 is 0 Å². The number of carbonyl (C=O) groups excluding carboxylic acids is 1. The summed E-state index contributed by atoms with van der Waals surface area (Å²) in [6.45, 7) is 11.5. The number of hydrogen-bond donors (Lipinski definition) is 0. The fourth-order valence-electron chi connectivity index (χ4n) is 3.37. The van der Waals surface area contributed by atoms with Crippen molar-refractivity contribution in [3.63, 3.8) is 0 Å². The van der Waals surface area contributed by atoms with Gasteiger partial charge in [-0.25, -0.2) is 4.98 Å². The third-order valence-electron chi connectivity index (χ3n) is 5.02. The molecular formula is C20H31N3O5. The van der Waals surface area contributed by atoms with Crippen LogP contribution >= 0.6 is 0 Å². The van der Waals surface area contributed by atoms with Crippen LogP contribution in [0.3, 0.4) is 0 Å². The van der Waals surface area contributed by atoms with E-state index in [2.05, 4.69) is 18.8 Å². The fraction of sp³-hybridized carbons (Fsp3) is 0.700. The van der Waals surface area contributed by atoms with Gasteiger partial charge in [0, 0.05) is 38.1 Å². The molecule has 0 bridgehead atoms. The average Bonchev–Trinajstić information content (AvgIpc) is 2.66. The zero-order valence-corrected chi connectivity index (χ0v) is 17.4. The molecule has 28 heavy (non-hydrogen) atoms. The van der Waals surface area contributed by atoms with Gasteiger partial charge in [0.15, 0.2) is 0 Å². The molecule has 0 amide bonds. The molecule has 0 N–H and O–H groups in total. The van der Waals surface area contributed by atoms with Crippen molar-refractivity contribution < 1.29 is 19.2 Å². The molecule has 0 unspecified atom stereocenters.